The van der Waals surface area contributed by atoms with Gasteiger partial charge in [-0.3, -0.25) is 9.48 Å². The number of rotatable bonds is 6. The van der Waals surface area contributed by atoms with Crippen LogP contribution in [0.2, 0.25) is 0 Å². The highest BCUT2D eigenvalue weighted by atomic mass is 16.5. The van der Waals surface area contributed by atoms with Crippen LogP contribution in [-0.2, 0) is 11.8 Å². The van der Waals surface area contributed by atoms with Gasteiger partial charge in [0.05, 0.1) is 17.8 Å². The summed E-state index contributed by atoms with van der Waals surface area (Å²) in [6.45, 7) is 2.90. The standard InChI is InChI=1S/C21H24N6O4/c1-12-7-16(12)20(28)23-18-9-15-8-13(3-6-27(15)24-18)19-17(10-22-25(19)2)31-11-14-4-5-26(14)21(29)30/h3,6,8-10,12,14,16H,4-5,7,11H2,1-2H3,(H,29,30)(H,23,24,28)/t12-,14-,16-/m1/s1. The summed E-state index contributed by atoms with van der Waals surface area (Å²) >= 11 is 0. The topological polar surface area (TPSA) is 114 Å². The van der Waals surface area contributed by atoms with Crippen LogP contribution in [0.15, 0.2) is 30.6 Å². The molecule has 10 heteroatoms. The van der Waals surface area contributed by atoms with E-state index in [-0.39, 0.29) is 24.5 Å². The van der Waals surface area contributed by atoms with E-state index in [1.54, 1.807) is 15.4 Å². The summed E-state index contributed by atoms with van der Waals surface area (Å²) in [6, 6.07) is 5.57. The van der Waals surface area contributed by atoms with Crippen molar-refractivity contribution in [1.82, 2.24) is 24.3 Å². The fourth-order valence-electron chi connectivity index (χ4n) is 4.01. The van der Waals surface area contributed by atoms with E-state index in [1.807, 2.05) is 31.4 Å². The first kappa shape index (κ1) is 19.4. The molecule has 1 saturated carbocycles. The van der Waals surface area contributed by atoms with Gasteiger partial charge < -0.3 is 20.1 Å². The number of carbonyl (C=O) groups excluding carboxylic acids is 1. The molecule has 1 aliphatic carbocycles. The minimum absolute atomic E-state index is 0.0184. The monoisotopic (exact) mass is 424 g/mol. The van der Waals surface area contributed by atoms with Crippen LogP contribution in [-0.4, -0.2) is 60.6 Å². The van der Waals surface area contributed by atoms with E-state index in [0.29, 0.717) is 24.0 Å². The summed E-state index contributed by atoms with van der Waals surface area (Å²) in [5.74, 6) is 1.67. The first-order chi connectivity index (χ1) is 14.9. The molecule has 3 atom stereocenters. The molecule has 0 aromatic carbocycles. The van der Waals surface area contributed by atoms with Crippen LogP contribution in [0.3, 0.4) is 0 Å². The van der Waals surface area contributed by atoms with Crippen molar-refractivity contribution in [2.75, 3.05) is 18.5 Å². The number of ether oxygens (including phenoxy) is 1. The van der Waals surface area contributed by atoms with Gasteiger partial charge in [0.25, 0.3) is 0 Å². The molecule has 1 saturated heterocycles. The van der Waals surface area contributed by atoms with Crippen molar-refractivity contribution in [2.45, 2.75) is 25.8 Å². The molecule has 0 radical (unpaired) electrons. The molecule has 2 aliphatic rings. The highest BCUT2D eigenvalue weighted by Gasteiger charge is 2.39. The maximum Gasteiger partial charge on any atom is 0.407 e. The van der Waals surface area contributed by atoms with Gasteiger partial charge in [0.15, 0.2) is 11.6 Å². The third-order valence-corrected chi connectivity index (χ3v) is 6.16. The van der Waals surface area contributed by atoms with E-state index in [9.17, 15) is 9.59 Å². The normalized spacial score (nSPS) is 22.3. The number of carboxylic acid groups (broad SMARTS) is 1. The molecule has 162 valence electrons. The molecule has 31 heavy (non-hydrogen) atoms. The lowest BCUT2D eigenvalue weighted by atomic mass is 10.1. The Kier molecular flexibility index (Phi) is 4.57. The number of pyridine rings is 1. The Morgan fingerprint density at radius 1 is 1.35 bits per heavy atom. The highest BCUT2D eigenvalue weighted by molar-refractivity contribution is 5.94. The van der Waals surface area contributed by atoms with Crippen molar-refractivity contribution < 1.29 is 19.4 Å². The molecule has 0 bridgehead atoms. The summed E-state index contributed by atoms with van der Waals surface area (Å²) in [5, 5.41) is 20.8. The van der Waals surface area contributed by atoms with Gasteiger partial charge in [0, 0.05) is 37.3 Å². The summed E-state index contributed by atoms with van der Waals surface area (Å²) in [6.07, 6.45) is 4.27. The number of likely N-dealkylation sites (tertiary alicyclic amines) is 1. The maximum atomic E-state index is 12.2. The van der Waals surface area contributed by atoms with Crippen molar-refractivity contribution >= 4 is 23.3 Å². The van der Waals surface area contributed by atoms with Gasteiger partial charge in [0.1, 0.15) is 12.3 Å². The number of carbonyl (C=O) groups is 2. The smallest absolute Gasteiger partial charge is 0.407 e. The second kappa shape index (κ2) is 7.29. The van der Waals surface area contributed by atoms with Gasteiger partial charge in [-0.15, -0.1) is 0 Å². The Morgan fingerprint density at radius 3 is 2.84 bits per heavy atom. The first-order valence-electron chi connectivity index (χ1n) is 10.4. The fraction of sp³-hybridized carbons (Fsp3) is 0.429. The number of hydrogen-bond donors (Lipinski definition) is 2. The third-order valence-electron chi connectivity index (χ3n) is 6.16. The number of nitrogens with zero attached hydrogens (tertiary/aromatic N) is 5. The summed E-state index contributed by atoms with van der Waals surface area (Å²) in [5.41, 5.74) is 2.52. The van der Waals surface area contributed by atoms with Crippen LogP contribution in [0.1, 0.15) is 19.8 Å². The highest BCUT2D eigenvalue weighted by Crippen LogP contribution is 2.38. The largest absolute Gasteiger partial charge is 0.487 e. The number of aromatic nitrogens is 4. The van der Waals surface area contributed by atoms with Gasteiger partial charge in [0.2, 0.25) is 5.91 Å². The maximum absolute atomic E-state index is 12.2. The van der Waals surface area contributed by atoms with Crippen molar-refractivity contribution in [3.8, 4) is 17.0 Å². The lowest BCUT2D eigenvalue weighted by molar-refractivity contribution is -0.117. The zero-order valence-electron chi connectivity index (χ0n) is 17.4. The minimum Gasteiger partial charge on any atom is -0.487 e. The predicted octanol–water partition coefficient (Wildman–Crippen LogP) is 2.46. The molecule has 2 amide bonds. The van der Waals surface area contributed by atoms with Crippen LogP contribution in [0.25, 0.3) is 16.8 Å². The minimum atomic E-state index is -0.920. The molecule has 3 aromatic heterocycles. The average molecular weight is 424 g/mol. The SMILES string of the molecule is C[C@@H]1C[C@H]1C(=O)Nc1cc2cc(-c3c(OC[C@H]4CCN4C(=O)O)cnn3C)ccn2n1. The molecule has 5 rings (SSSR count). The van der Waals surface area contributed by atoms with Crippen LogP contribution in [0.4, 0.5) is 10.6 Å². The van der Waals surface area contributed by atoms with Gasteiger partial charge in [-0.1, -0.05) is 6.92 Å². The van der Waals surface area contributed by atoms with Crippen LogP contribution >= 0.6 is 0 Å². The zero-order chi connectivity index (χ0) is 21.7. The van der Waals surface area contributed by atoms with Gasteiger partial charge in [-0.25, -0.2) is 9.31 Å². The Bertz CT molecular complexity index is 1170. The number of amides is 2. The molecule has 0 unspecified atom stereocenters. The van der Waals surface area contributed by atoms with Crippen LogP contribution < -0.4 is 10.1 Å². The van der Waals surface area contributed by atoms with Crippen molar-refractivity contribution in [3.63, 3.8) is 0 Å². The van der Waals surface area contributed by atoms with Gasteiger partial charge in [-0.2, -0.15) is 10.2 Å². The Balaban J connectivity index is 1.35. The zero-order valence-corrected chi connectivity index (χ0v) is 17.4. The van der Waals surface area contributed by atoms with E-state index in [4.69, 9.17) is 9.84 Å². The van der Waals surface area contributed by atoms with E-state index in [1.165, 1.54) is 4.90 Å². The molecule has 0 spiro atoms. The van der Waals surface area contributed by atoms with E-state index in [2.05, 4.69) is 22.4 Å². The molecule has 2 fully saturated rings. The number of hydrogen-bond acceptors (Lipinski definition) is 5. The van der Waals surface area contributed by atoms with Gasteiger partial charge >= 0.3 is 6.09 Å². The summed E-state index contributed by atoms with van der Waals surface area (Å²) in [4.78, 5) is 24.7. The molecular formula is C21H24N6O4. The van der Waals surface area contributed by atoms with Crippen LogP contribution in [0.5, 0.6) is 5.75 Å². The fourth-order valence-corrected chi connectivity index (χ4v) is 4.01. The molecule has 3 aromatic rings. The van der Waals surface area contributed by atoms with E-state index >= 15 is 0 Å². The second-order valence-electron chi connectivity index (χ2n) is 8.33. The number of fused-ring (bicyclic) bond motifs is 1. The molecule has 10 nitrogen and oxygen atoms in total. The quantitative estimate of drug-likeness (QED) is 0.628. The summed E-state index contributed by atoms with van der Waals surface area (Å²) in [7, 11) is 1.83. The Hall–Kier alpha value is -3.56. The molecule has 2 N–H and O–H groups in total. The predicted molar refractivity (Wildman–Crippen MR) is 112 cm³/mol. The Labute approximate surface area is 178 Å². The van der Waals surface area contributed by atoms with E-state index < -0.39 is 6.09 Å². The first-order valence-corrected chi connectivity index (χ1v) is 10.4. The van der Waals surface area contributed by atoms with E-state index in [0.717, 1.165) is 29.6 Å². The average Bonchev–Trinajstić information content (AvgIpc) is 3.12. The van der Waals surface area contributed by atoms with Crippen molar-refractivity contribution in [2.24, 2.45) is 18.9 Å². The lowest BCUT2D eigenvalue weighted by Gasteiger charge is -2.38. The number of anilines is 1. The molecule has 4 heterocycles. The van der Waals surface area contributed by atoms with Crippen molar-refractivity contribution in [3.05, 3.63) is 30.6 Å². The van der Waals surface area contributed by atoms with Gasteiger partial charge in [-0.05, 0) is 30.9 Å². The number of aryl methyl sites for hydroxylation is 1. The van der Waals surface area contributed by atoms with Crippen LogP contribution in [0, 0.1) is 11.8 Å². The lowest BCUT2D eigenvalue weighted by Crippen LogP contribution is -2.53. The number of nitrogens with one attached hydrogen (secondary N) is 1. The van der Waals surface area contributed by atoms with Crippen molar-refractivity contribution in [1.29, 1.82) is 0 Å². The second-order valence-corrected chi connectivity index (χ2v) is 8.33. The molecular weight excluding hydrogens is 400 g/mol. The molecule has 1 aliphatic heterocycles. The Morgan fingerprint density at radius 2 is 2.16 bits per heavy atom. The third kappa shape index (κ3) is 3.58. The summed E-state index contributed by atoms with van der Waals surface area (Å²) < 4.78 is 9.38.